The number of hydrogen-bond donors (Lipinski definition) is 0. The van der Waals surface area contributed by atoms with E-state index in [0.717, 1.165) is 12.5 Å². The third-order valence-corrected chi connectivity index (χ3v) is 6.94. The highest BCUT2D eigenvalue weighted by Gasteiger charge is 2.23. The van der Waals surface area contributed by atoms with Crippen molar-refractivity contribution in [3.63, 3.8) is 0 Å². The molecule has 1 aliphatic rings. The van der Waals surface area contributed by atoms with E-state index in [-0.39, 0.29) is 0 Å². The van der Waals surface area contributed by atoms with Crippen molar-refractivity contribution in [1.82, 2.24) is 0 Å². The molecule has 0 aliphatic heterocycles. The van der Waals surface area contributed by atoms with E-state index in [2.05, 4.69) is 6.92 Å². The molecule has 134 valence electrons. The second kappa shape index (κ2) is 16.9. The molecule has 1 saturated carbocycles. The minimum atomic E-state index is -2.33. The fourth-order valence-corrected chi connectivity index (χ4v) is 4.73. The lowest BCUT2D eigenvalue weighted by molar-refractivity contribution is 0.504. The van der Waals surface area contributed by atoms with E-state index in [1.807, 2.05) is 0 Å². The molecule has 22 heavy (non-hydrogen) atoms. The van der Waals surface area contributed by atoms with Crippen LogP contribution in [0.3, 0.4) is 0 Å². The average Bonchev–Trinajstić information content (AvgIpc) is 2.50. The standard InChI is InChI=1S/C12H25Cl3Si.C6H12/c1-2-3-4-5-6-7-8-9-10-11-12-16(13,14)15;1-2-4-6-5-3-1/h2-12H2,1H3;1-6H2. The maximum atomic E-state index is 5.81. The Morgan fingerprint density at radius 3 is 1.18 bits per heavy atom. The van der Waals surface area contributed by atoms with Gasteiger partial charge in [-0.15, -0.1) is 33.2 Å². The van der Waals surface area contributed by atoms with Crippen molar-refractivity contribution in [2.45, 2.75) is 116 Å². The number of hydrogen-bond acceptors (Lipinski definition) is 0. The molecule has 0 spiro atoms. The van der Waals surface area contributed by atoms with E-state index < -0.39 is 6.00 Å². The van der Waals surface area contributed by atoms with E-state index in [4.69, 9.17) is 33.2 Å². The first-order valence-corrected chi connectivity index (χ1v) is 14.9. The van der Waals surface area contributed by atoms with Crippen molar-refractivity contribution in [2.24, 2.45) is 0 Å². The Labute approximate surface area is 154 Å². The summed E-state index contributed by atoms with van der Waals surface area (Å²) >= 11 is 17.4. The van der Waals surface area contributed by atoms with Crippen molar-refractivity contribution in [3.05, 3.63) is 0 Å². The fourth-order valence-electron chi connectivity index (χ4n) is 2.87. The van der Waals surface area contributed by atoms with Gasteiger partial charge in [0.05, 0.1) is 0 Å². The monoisotopic (exact) mass is 386 g/mol. The second-order valence-electron chi connectivity index (χ2n) is 6.67. The number of unbranched alkanes of at least 4 members (excludes halogenated alkanes) is 9. The van der Waals surface area contributed by atoms with Crippen molar-refractivity contribution in [3.8, 4) is 0 Å². The average molecular weight is 388 g/mol. The summed E-state index contributed by atoms with van der Waals surface area (Å²) in [5.74, 6) is 0. The predicted octanol–water partition coefficient (Wildman–Crippen LogP) is 8.90. The highest BCUT2D eigenvalue weighted by atomic mass is 35.8. The van der Waals surface area contributed by atoms with Gasteiger partial charge in [-0.3, -0.25) is 0 Å². The first-order chi connectivity index (χ1) is 10.6. The molecule has 0 atom stereocenters. The molecule has 0 amide bonds. The van der Waals surface area contributed by atoms with Crippen LogP contribution in [0.5, 0.6) is 0 Å². The lowest BCUT2D eigenvalue weighted by Crippen LogP contribution is -2.07. The zero-order chi connectivity index (χ0) is 16.5. The molecule has 0 aromatic carbocycles. The second-order valence-corrected chi connectivity index (χ2v) is 15.9. The van der Waals surface area contributed by atoms with Crippen LogP contribution in [0.25, 0.3) is 0 Å². The maximum Gasteiger partial charge on any atom is 0.341 e. The molecule has 0 nitrogen and oxygen atoms in total. The van der Waals surface area contributed by atoms with Gasteiger partial charge in [-0.25, -0.2) is 0 Å². The molecule has 0 heterocycles. The van der Waals surface area contributed by atoms with E-state index in [9.17, 15) is 0 Å². The van der Waals surface area contributed by atoms with Gasteiger partial charge in [0.1, 0.15) is 0 Å². The molecule has 0 aromatic rings. The zero-order valence-electron chi connectivity index (χ0n) is 14.7. The van der Waals surface area contributed by atoms with Crippen LogP contribution < -0.4 is 0 Å². The van der Waals surface area contributed by atoms with Gasteiger partial charge in [-0.05, 0) is 6.04 Å². The van der Waals surface area contributed by atoms with Crippen molar-refractivity contribution >= 4 is 39.2 Å². The lowest BCUT2D eigenvalue weighted by atomic mass is 10.0. The van der Waals surface area contributed by atoms with Gasteiger partial charge in [-0.1, -0.05) is 110 Å². The first-order valence-electron chi connectivity index (χ1n) is 9.63. The maximum absolute atomic E-state index is 5.81. The number of halogens is 3. The molecule has 0 radical (unpaired) electrons. The van der Waals surface area contributed by atoms with Gasteiger partial charge in [0.25, 0.3) is 0 Å². The Hall–Kier alpha value is 1.09. The molecule has 0 unspecified atom stereocenters. The third kappa shape index (κ3) is 21.1. The Balaban J connectivity index is 0.000000604. The van der Waals surface area contributed by atoms with Crippen LogP contribution in [0.15, 0.2) is 0 Å². The molecule has 0 saturated heterocycles. The smallest absolute Gasteiger partial charge is 0.126 e. The Morgan fingerprint density at radius 1 is 0.545 bits per heavy atom. The van der Waals surface area contributed by atoms with E-state index in [0.29, 0.717) is 0 Å². The molecular formula is C18H37Cl3Si. The molecule has 1 rings (SSSR count). The molecule has 0 aromatic heterocycles. The van der Waals surface area contributed by atoms with Gasteiger partial charge >= 0.3 is 6.00 Å². The molecule has 1 aliphatic carbocycles. The van der Waals surface area contributed by atoms with E-state index >= 15 is 0 Å². The quantitative estimate of drug-likeness (QED) is 0.188. The van der Waals surface area contributed by atoms with Gasteiger partial charge < -0.3 is 0 Å². The van der Waals surface area contributed by atoms with Gasteiger partial charge in [0, 0.05) is 0 Å². The summed E-state index contributed by atoms with van der Waals surface area (Å²) in [6.45, 7) is 2.26. The van der Waals surface area contributed by atoms with Crippen LogP contribution in [0.1, 0.15) is 110 Å². The van der Waals surface area contributed by atoms with E-state index in [1.54, 1.807) is 0 Å². The highest BCUT2D eigenvalue weighted by Crippen LogP contribution is 2.27. The summed E-state index contributed by atoms with van der Waals surface area (Å²) in [4.78, 5) is 0. The van der Waals surface area contributed by atoms with Crippen molar-refractivity contribution in [2.75, 3.05) is 0 Å². The summed E-state index contributed by atoms with van der Waals surface area (Å²) in [6, 6.07) is -1.50. The van der Waals surface area contributed by atoms with E-state index in [1.165, 1.54) is 96.3 Å². The van der Waals surface area contributed by atoms with Crippen LogP contribution in [-0.4, -0.2) is 6.00 Å². The minimum Gasteiger partial charge on any atom is -0.126 e. The first kappa shape index (κ1) is 23.1. The predicted molar refractivity (Wildman–Crippen MR) is 108 cm³/mol. The summed E-state index contributed by atoms with van der Waals surface area (Å²) in [5, 5.41) is 0. The van der Waals surface area contributed by atoms with Crippen LogP contribution in [-0.2, 0) is 0 Å². The summed E-state index contributed by atoms with van der Waals surface area (Å²) in [5.41, 5.74) is 0. The van der Waals surface area contributed by atoms with Crippen LogP contribution >= 0.6 is 33.2 Å². The SMILES string of the molecule is C1CCCCC1.CCCCCCCCCCCC[Si](Cl)(Cl)Cl. The Bertz CT molecular complexity index is 201. The van der Waals surface area contributed by atoms with Crippen molar-refractivity contribution < 1.29 is 0 Å². The fraction of sp³-hybridized carbons (Fsp3) is 1.00. The molecular weight excluding hydrogens is 351 g/mol. The lowest BCUT2D eigenvalue weighted by Gasteiger charge is -2.06. The molecule has 0 N–H and O–H groups in total. The largest absolute Gasteiger partial charge is 0.341 e. The van der Waals surface area contributed by atoms with Gasteiger partial charge in [0.15, 0.2) is 0 Å². The Morgan fingerprint density at radius 2 is 0.864 bits per heavy atom. The molecule has 1 fully saturated rings. The molecule has 4 heteroatoms. The topological polar surface area (TPSA) is 0 Å². The minimum absolute atomic E-state index is 0.828. The number of rotatable bonds is 11. The van der Waals surface area contributed by atoms with Crippen LogP contribution in [0, 0.1) is 0 Å². The summed E-state index contributed by atoms with van der Waals surface area (Å²) in [7, 11) is 0. The summed E-state index contributed by atoms with van der Waals surface area (Å²) < 4.78 is 0. The van der Waals surface area contributed by atoms with Gasteiger partial charge in [0.2, 0.25) is 0 Å². The van der Waals surface area contributed by atoms with Crippen LogP contribution in [0.4, 0.5) is 0 Å². The highest BCUT2D eigenvalue weighted by molar-refractivity contribution is 7.64. The van der Waals surface area contributed by atoms with Crippen LogP contribution in [0.2, 0.25) is 6.04 Å². The van der Waals surface area contributed by atoms with Gasteiger partial charge in [-0.2, -0.15) is 0 Å². The Kier molecular flexibility index (Phi) is 17.8. The summed E-state index contributed by atoms with van der Waals surface area (Å²) in [6.07, 6.45) is 22.3. The normalized spacial score (nSPS) is 15.3. The molecule has 0 bridgehead atoms. The van der Waals surface area contributed by atoms with Crippen molar-refractivity contribution in [1.29, 1.82) is 0 Å². The zero-order valence-corrected chi connectivity index (χ0v) is 17.9. The third-order valence-electron chi connectivity index (χ3n) is 4.31.